The molecule has 1 rings (SSSR count). The molecule has 1 unspecified atom stereocenters. The third kappa shape index (κ3) is 3.46. The van der Waals surface area contributed by atoms with E-state index in [2.05, 4.69) is 5.32 Å². The van der Waals surface area contributed by atoms with Gasteiger partial charge in [-0.1, -0.05) is 6.92 Å². The van der Waals surface area contributed by atoms with E-state index in [1.54, 1.807) is 6.92 Å². The Labute approximate surface area is 134 Å². The van der Waals surface area contributed by atoms with Crippen molar-refractivity contribution < 1.29 is 73.9 Å². The summed E-state index contributed by atoms with van der Waals surface area (Å²) >= 11 is 0. The smallest absolute Gasteiger partial charge is 0.448 e. The molecule has 4 nitrogen and oxygen atoms in total. The van der Waals surface area contributed by atoms with Gasteiger partial charge >= 0.3 is 64.4 Å². The molecule has 3 amide bonds. The Morgan fingerprint density at radius 3 is 2.19 bits per heavy atom. The van der Waals surface area contributed by atoms with Crippen LogP contribution in [-0.2, 0) is 4.79 Å². The van der Waals surface area contributed by atoms with Crippen LogP contribution in [0.5, 0.6) is 0 Å². The van der Waals surface area contributed by atoms with Gasteiger partial charge < -0.3 is 18.3 Å². The predicted molar refractivity (Wildman–Crippen MR) is 48.0 cm³/mol. The molecule has 1 fully saturated rings. The van der Waals surface area contributed by atoms with E-state index in [1.807, 2.05) is 0 Å². The molecule has 1 aliphatic heterocycles. The molecule has 1 atom stereocenters. The number of halogens is 3. The fourth-order valence-electron chi connectivity index (χ4n) is 1.36. The van der Waals surface area contributed by atoms with Gasteiger partial charge in [0.25, 0.3) is 5.91 Å². The number of urea groups is 1. The van der Waals surface area contributed by atoms with Gasteiger partial charge in [-0.2, -0.15) is 0 Å². The van der Waals surface area contributed by atoms with Gasteiger partial charge in [-0.15, -0.1) is 0 Å². The molecule has 1 heterocycles. The zero-order valence-corrected chi connectivity index (χ0v) is 12.5. The maximum atomic E-state index is 12.1. The third-order valence-corrected chi connectivity index (χ3v) is 2.44. The minimum atomic E-state index is -5.18. The molecule has 1 N–H and O–H groups in total. The second kappa shape index (κ2) is 5.38. The first kappa shape index (κ1) is 16.4. The van der Waals surface area contributed by atoms with Crippen molar-refractivity contribution in [2.75, 3.05) is 6.44 Å². The zero-order valence-electron chi connectivity index (χ0n) is 9.39. The normalized spacial score (nSPS) is 25.4. The first-order valence-corrected chi connectivity index (χ1v) is 4.55. The molecule has 9 heteroatoms. The molecule has 1 aliphatic rings. The van der Waals surface area contributed by atoms with Crippen LogP contribution in [0.4, 0.5) is 17.7 Å². The molecule has 0 bridgehead atoms. The molecule has 0 aromatic rings. The van der Waals surface area contributed by atoms with E-state index in [0.29, 0.717) is 0 Å². The van der Waals surface area contributed by atoms with Gasteiger partial charge in [-0.25, -0.2) is 4.79 Å². The predicted octanol–water partition coefficient (Wildman–Crippen LogP) is -1.90. The summed E-state index contributed by atoms with van der Waals surface area (Å²) in [5.41, 5.74) is -1.20. The number of imide groups is 1. The van der Waals surface area contributed by atoms with Crippen molar-refractivity contribution in [2.24, 2.45) is 0 Å². The molecule has 0 radical (unpaired) electrons. The van der Waals surface area contributed by atoms with Crippen LogP contribution in [0.1, 0.15) is 20.3 Å². The topological polar surface area (TPSA) is 49.4 Å². The first-order chi connectivity index (χ1) is 6.69. The van der Waals surface area contributed by atoms with Crippen molar-refractivity contribution in [3.05, 3.63) is 0 Å². The van der Waals surface area contributed by atoms with Gasteiger partial charge in [0.05, 0.1) is 0 Å². The molecule has 16 heavy (non-hydrogen) atoms. The number of hydrogen-bond acceptors (Lipinski definition) is 2. The van der Waals surface area contributed by atoms with E-state index in [0.717, 1.165) is 0 Å². The van der Waals surface area contributed by atoms with E-state index in [-0.39, 0.29) is 62.7 Å². The van der Waals surface area contributed by atoms with Crippen LogP contribution in [-0.4, -0.2) is 35.8 Å². The van der Waals surface area contributed by atoms with Crippen LogP contribution in [0.3, 0.4) is 0 Å². The fourth-order valence-corrected chi connectivity index (χ4v) is 1.36. The van der Waals surface area contributed by atoms with Crippen LogP contribution in [0.15, 0.2) is 0 Å². The van der Waals surface area contributed by atoms with Crippen molar-refractivity contribution in [1.82, 2.24) is 10.2 Å². The molecule has 0 aromatic heterocycles. The summed E-state index contributed by atoms with van der Waals surface area (Å²) in [7, 11) is 0. The summed E-state index contributed by atoms with van der Waals surface area (Å²) in [5.74, 6) is -0.811. The van der Waals surface area contributed by atoms with Crippen LogP contribution in [0.2, 0.25) is 0 Å². The van der Waals surface area contributed by atoms with E-state index in [9.17, 15) is 22.5 Å². The number of hydrogen-bond donors (Lipinski definition) is 1. The number of nitrogens with one attached hydrogen (secondary N) is 1. The zero-order chi connectivity index (χ0) is 11.9. The monoisotopic (exact) mass is 262 g/mol. The third-order valence-electron chi connectivity index (χ3n) is 2.44. The van der Waals surface area contributed by atoms with E-state index in [4.69, 9.17) is 0 Å². The molecule has 0 aromatic carbocycles. The minimum Gasteiger partial charge on any atom is -0.448 e. The molecule has 0 saturated carbocycles. The molecular formula is C7H11BF3KN2O2. The van der Waals surface area contributed by atoms with E-state index < -0.39 is 30.9 Å². The number of nitrogens with zero attached hydrogens (tertiary/aromatic N) is 1. The number of carbonyl (C=O) groups excluding carboxylic acids is 2. The van der Waals surface area contributed by atoms with Gasteiger partial charge in [0.15, 0.2) is 0 Å². The molecular weight excluding hydrogens is 251 g/mol. The minimum absolute atomic E-state index is 0. The van der Waals surface area contributed by atoms with Crippen molar-refractivity contribution in [2.45, 2.75) is 25.8 Å². The Morgan fingerprint density at radius 1 is 1.38 bits per heavy atom. The van der Waals surface area contributed by atoms with Crippen LogP contribution < -0.4 is 56.7 Å². The van der Waals surface area contributed by atoms with E-state index in [1.165, 1.54) is 6.92 Å². The summed E-state index contributed by atoms with van der Waals surface area (Å²) in [4.78, 5) is 22.9. The molecule has 0 aliphatic carbocycles. The Kier molecular flexibility index (Phi) is 5.53. The Hall–Kier alpha value is 0.431. The summed E-state index contributed by atoms with van der Waals surface area (Å²) in [6.07, 6.45) is -1.21. The largest absolute Gasteiger partial charge is 1.00 e. The first-order valence-electron chi connectivity index (χ1n) is 4.55. The summed E-state index contributed by atoms with van der Waals surface area (Å²) in [6, 6.07) is -0.969. The summed E-state index contributed by atoms with van der Waals surface area (Å²) < 4.78 is 36.3. The second-order valence-electron chi connectivity index (χ2n) is 3.74. The quantitative estimate of drug-likeness (QED) is 0.477. The second-order valence-corrected chi connectivity index (χ2v) is 3.74. The number of amides is 3. The summed E-state index contributed by atoms with van der Waals surface area (Å²) in [6.45, 7) is -2.14. The Balaban J connectivity index is 0.00000225. The Morgan fingerprint density at radius 2 is 1.88 bits per heavy atom. The average molecular weight is 262 g/mol. The van der Waals surface area contributed by atoms with Crippen molar-refractivity contribution in [3.8, 4) is 0 Å². The van der Waals surface area contributed by atoms with Crippen molar-refractivity contribution in [1.29, 1.82) is 0 Å². The molecule has 0 spiro atoms. The SMILES string of the molecule is CCC1(C)NC(=O)N(C[B-](F)(F)F)C1=O.[K+]. The number of carbonyl (C=O) groups is 2. The fraction of sp³-hybridized carbons (Fsp3) is 0.714. The van der Waals surface area contributed by atoms with Gasteiger partial charge in [0.1, 0.15) is 5.54 Å². The van der Waals surface area contributed by atoms with Gasteiger partial charge in [0, 0.05) is 6.44 Å². The number of rotatable bonds is 3. The maximum absolute atomic E-state index is 12.1. The standard InChI is InChI=1S/C7H11BF3N2O2.K/c1-3-7(2)5(14)13(6(15)12-7)4-8(9,10)11;/h3-4H2,1-2H3,(H,12,15);/q-1;+1. The van der Waals surface area contributed by atoms with E-state index >= 15 is 0 Å². The summed E-state index contributed by atoms with van der Waals surface area (Å²) in [5, 5.41) is 2.25. The average Bonchev–Trinajstić information content (AvgIpc) is 2.28. The maximum Gasteiger partial charge on any atom is 1.00 e. The van der Waals surface area contributed by atoms with Crippen LogP contribution >= 0.6 is 0 Å². The van der Waals surface area contributed by atoms with Crippen molar-refractivity contribution >= 4 is 18.9 Å². The van der Waals surface area contributed by atoms with Crippen molar-refractivity contribution in [3.63, 3.8) is 0 Å². The molecule has 86 valence electrons. The van der Waals surface area contributed by atoms with Gasteiger partial charge in [0.2, 0.25) is 0 Å². The van der Waals surface area contributed by atoms with Gasteiger partial charge in [-0.3, -0.25) is 9.69 Å². The molecule has 1 saturated heterocycles. The van der Waals surface area contributed by atoms with Gasteiger partial charge in [-0.05, 0) is 13.3 Å². The van der Waals surface area contributed by atoms with Crippen LogP contribution in [0, 0.1) is 0 Å². The Bertz CT molecular complexity index is 312. The van der Waals surface area contributed by atoms with Crippen LogP contribution in [0.25, 0.3) is 0 Å².